The number of carbonyl (C=O) groups excluding carboxylic acids is 2. The van der Waals surface area contributed by atoms with E-state index in [0.29, 0.717) is 23.7 Å². The van der Waals surface area contributed by atoms with Crippen LogP contribution in [0.2, 0.25) is 0 Å². The number of hydrogen-bond donors (Lipinski definition) is 3. The summed E-state index contributed by atoms with van der Waals surface area (Å²) in [4.78, 5) is 48.6. The first-order chi connectivity index (χ1) is 23.6. The number of benzene rings is 2. The van der Waals surface area contributed by atoms with Crippen molar-refractivity contribution >= 4 is 44.7 Å². The fourth-order valence-electron chi connectivity index (χ4n) is 5.34. The lowest BCUT2D eigenvalue weighted by Gasteiger charge is -2.26. The van der Waals surface area contributed by atoms with E-state index in [1.807, 2.05) is 43.3 Å². The van der Waals surface area contributed by atoms with E-state index in [-0.39, 0.29) is 23.3 Å². The normalized spacial score (nSPS) is 15.1. The number of nitrogens with one attached hydrogen (secondary N) is 2. The maximum atomic E-state index is 13.2. The molecular formula is C37H41N5O6S2. The Morgan fingerprint density at radius 2 is 1.60 bits per heavy atom. The average molecular weight is 716 g/mol. The molecule has 13 heteroatoms. The van der Waals surface area contributed by atoms with E-state index in [4.69, 9.17) is 0 Å². The topological polar surface area (TPSA) is 159 Å². The highest BCUT2D eigenvalue weighted by molar-refractivity contribution is 7.89. The highest BCUT2D eigenvalue weighted by atomic mass is 32.2. The second kappa shape index (κ2) is 15.0. The van der Waals surface area contributed by atoms with Crippen LogP contribution in [0, 0.1) is 6.92 Å². The van der Waals surface area contributed by atoms with Crippen LogP contribution in [0.3, 0.4) is 0 Å². The molecule has 1 aliphatic heterocycles. The van der Waals surface area contributed by atoms with Crippen molar-refractivity contribution in [1.82, 2.24) is 24.9 Å². The monoisotopic (exact) mass is 715 g/mol. The lowest BCUT2D eigenvalue weighted by atomic mass is 9.95. The van der Waals surface area contributed by atoms with Gasteiger partial charge in [-0.25, -0.2) is 18.4 Å². The minimum absolute atomic E-state index is 0.131. The highest BCUT2D eigenvalue weighted by Crippen LogP contribution is 2.30. The minimum Gasteiger partial charge on any atom is -0.480 e. The van der Waals surface area contributed by atoms with Gasteiger partial charge in [0.1, 0.15) is 12.1 Å². The van der Waals surface area contributed by atoms with Gasteiger partial charge in [0.2, 0.25) is 15.9 Å². The molecule has 2 amide bonds. The smallest absolute Gasteiger partial charge is 0.325 e. The number of sulfonamides is 1. The van der Waals surface area contributed by atoms with Crippen molar-refractivity contribution in [3.05, 3.63) is 106 Å². The lowest BCUT2D eigenvalue weighted by molar-refractivity contribution is -0.141. The summed E-state index contributed by atoms with van der Waals surface area (Å²) in [6.45, 7) is 10.1. The fraction of sp³-hybridized carbons (Fsp3) is 0.324. The summed E-state index contributed by atoms with van der Waals surface area (Å²) in [6.07, 6.45) is 6.01. The van der Waals surface area contributed by atoms with Gasteiger partial charge in [-0.3, -0.25) is 14.4 Å². The fourth-order valence-corrected chi connectivity index (χ4v) is 7.68. The Hall–Kier alpha value is -4.72. The summed E-state index contributed by atoms with van der Waals surface area (Å²) in [5, 5.41) is 14.6. The summed E-state index contributed by atoms with van der Waals surface area (Å²) < 4.78 is 27.6. The van der Waals surface area contributed by atoms with Crippen LogP contribution in [-0.4, -0.2) is 70.8 Å². The van der Waals surface area contributed by atoms with Gasteiger partial charge in [-0.15, -0.1) is 11.3 Å². The molecule has 0 radical (unpaired) electrons. The average Bonchev–Trinajstić information content (AvgIpc) is 3.61. The number of aliphatic carboxylic acids is 1. The van der Waals surface area contributed by atoms with E-state index >= 15 is 0 Å². The third kappa shape index (κ3) is 8.70. The standard InChI is InChI=1S/C37H41N5O6S2/c1-23-6-12-29(13-7-23)50(47,48)42-18-16-26(17-19-42)28-21-38-33(39-22-28)27-10-8-25(9-11-27)20-30(34(43)40-24(2)36(45)46)41-35(44)31-14-15-32(49-31)37(3,4)5/h6-16,21-22,24,30H,17-20H2,1-5H3,(H,40,43)(H,41,44)(H,45,46)/t24-,30+/m1/s1. The van der Waals surface area contributed by atoms with Crippen LogP contribution in [0.5, 0.6) is 0 Å². The van der Waals surface area contributed by atoms with Crippen LogP contribution < -0.4 is 10.6 Å². The van der Waals surface area contributed by atoms with Gasteiger partial charge in [-0.1, -0.05) is 68.8 Å². The van der Waals surface area contributed by atoms with Crippen molar-refractivity contribution in [2.24, 2.45) is 0 Å². The number of carboxylic acid groups (broad SMARTS) is 1. The molecule has 0 bridgehead atoms. The maximum absolute atomic E-state index is 13.2. The minimum atomic E-state index is -3.58. The van der Waals surface area contributed by atoms with E-state index < -0.39 is 39.9 Å². The van der Waals surface area contributed by atoms with Crippen molar-refractivity contribution in [3.63, 3.8) is 0 Å². The van der Waals surface area contributed by atoms with Crippen molar-refractivity contribution < 1.29 is 27.9 Å². The Labute approximate surface area is 296 Å². The van der Waals surface area contributed by atoms with Crippen molar-refractivity contribution in [2.75, 3.05) is 13.1 Å². The SMILES string of the molecule is Cc1ccc(S(=O)(=O)N2CC=C(c3cnc(-c4ccc(C[C@H](NC(=O)c5ccc(C(C)(C)C)s5)C(=O)N[C@H](C)C(=O)O)cc4)nc3)CC2)cc1. The number of nitrogens with zero attached hydrogens (tertiary/aromatic N) is 3. The first kappa shape index (κ1) is 36.6. The summed E-state index contributed by atoms with van der Waals surface area (Å²) >= 11 is 1.36. The number of thiophene rings is 1. The van der Waals surface area contributed by atoms with Gasteiger partial charge in [0.25, 0.3) is 5.91 Å². The zero-order valence-electron chi connectivity index (χ0n) is 28.6. The Bertz CT molecular complexity index is 2000. The predicted octanol–water partition coefficient (Wildman–Crippen LogP) is 5.22. The van der Waals surface area contributed by atoms with Crippen molar-refractivity contribution in [2.45, 2.75) is 69.9 Å². The Morgan fingerprint density at radius 1 is 0.940 bits per heavy atom. The molecule has 4 aromatic rings. The van der Waals surface area contributed by atoms with E-state index in [1.165, 1.54) is 22.6 Å². The van der Waals surface area contributed by atoms with Gasteiger partial charge >= 0.3 is 5.97 Å². The molecule has 1 aliphatic rings. The number of rotatable bonds is 11. The zero-order chi connectivity index (χ0) is 36.2. The Balaban J connectivity index is 1.25. The van der Waals surface area contributed by atoms with Gasteiger partial charge in [-0.2, -0.15) is 4.31 Å². The summed E-state index contributed by atoms with van der Waals surface area (Å²) in [6, 6.07) is 15.6. The summed E-state index contributed by atoms with van der Waals surface area (Å²) in [5.41, 5.74) is 4.14. The molecule has 50 heavy (non-hydrogen) atoms. The molecule has 262 valence electrons. The predicted molar refractivity (Wildman–Crippen MR) is 193 cm³/mol. The van der Waals surface area contributed by atoms with Gasteiger partial charge in [0, 0.05) is 47.9 Å². The van der Waals surface area contributed by atoms with Crippen LogP contribution in [0.4, 0.5) is 0 Å². The number of aromatic nitrogens is 2. The first-order valence-electron chi connectivity index (χ1n) is 16.2. The number of amides is 2. The van der Waals surface area contributed by atoms with Crippen LogP contribution in [0.15, 0.2) is 84.0 Å². The first-order valence-corrected chi connectivity index (χ1v) is 18.5. The Kier molecular flexibility index (Phi) is 11.0. The van der Waals surface area contributed by atoms with E-state index in [9.17, 15) is 27.9 Å². The molecule has 0 unspecified atom stereocenters. The molecular weight excluding hydrogens is 675 g/mol. The van der Waals surface area contributed by atoms with Gasteiger partial charge in [0.15, 0.2) is 5.82 Å². The highest BCUT2D eigenvalue weighted by Gasteiger charge is 2.28. The quantitative estimate of drug-likeness (QED) is 0.191. The molecule has 5 rings (SSSR count). The maximum Gasteiger partial charge on any atom is 0.325 e. The third-order valence-electron chi connectivity index (χ3n) is 8.43. The molecule has 3 heterocycles. The zero-order valence-corrected chi connectivity index (χ0v) is 30.3. The summed E-state index contributed by atoms with van der Waals surface area (Å²) in [7, 11) is -3.58. The number of hydrogen-bond acceptors (Lipinski definition) is 8. The molecule has 0 saturated carbocycles. The molecule has 2 aromatic carbocycles. The molecule has 0 spiro atoms. The molecule has 0 fully saturated rings. The number of carbonyl (C=O) groups is 3. The van der Waals surface area contributed by atoms with Gasteiger partial charge in [0.05, 0.1) is 9.77 Å². The van der Waals surface area contributed by atoms with Crippen molar-refractivity contribution in [3.8, 4) is 11.4 Å². The molecule has 2 atom stereocenters. The van der Waals surface area contributed by atoms with Crippen LogP contribution in [0.1, 0.15) is 65.4 Å². The lowest BCUT2D eigenvalue weighted by Crippen LogP contribution is -2.51. The molecule has 0 saturated heterocycles. The molecule has 3 N–H and O–H groups in total. The second-order valence-electron chi connectivity index (χ2n) is 13.4. The van der Waals surface area contributed by atoms with Gasteiger partial charge < -0.3 is 15.7 Å². The molecule has 0 aliphatic carbocycles. The number of aryl methyl sites for hydroxylation is 1. The molecule has 11 nitrogen and oxygen atoms in total. The third-order valence-corrected chi connectivity index (χ3v) is 11.8. The largest absolute Gasteiger partial charge is 0.480 e. The van der Waals surface area contributed by atoms with E-state index in [0.717, 1.165) is 32.7 Å². The van der Waals surface area contributed by atoms with Gasteiger partial charge in [-0.05, 0) is 61.1 Å². The van der Waals surface area contributed by atoms with Crippen molar-refractivity contribution in [1.29, 1.82) is 0 Å². The molecule has 2 aromatic heterocycles. The second-order valence-corrected chi connectivity index (χ2v) is 16.4. The van der Waals surface area contributed by atoms with E-state index in [2.05, 4.69) is 41.4 Å². The van der Waals surface area contributed by atoms with Crippen LogP contribution in [0.25, 0.3) is 17.0 Å². The Morgan fingerprint density at radius 3 is 2.16 bits per heavy atom. The van der Waals surface area contributed by atoms with Crippen LogP contribution >= 0.6 is 11.3 Å². The number of carboxylic acids is 1. The van der Waals surface area contributed by atoms with E-state index in [1.54, 1.807) is 42.7 Å². The summed E-state index contributed by atoms with van der Waals surface area (Å²) in [5.74, 6) is -1.70. The van der Waals surface area contributed by atoms with Crippen LogP contribution in [-0.2, 0) is 31.4 Å².